The van der Waals surface area contributed by atoms with Gasteiger partial charge in [-0.2, -0.15) is 0 Å². The molecule has 2 rings (SSSR count). The number of hydrogen-bond donors (Lipinski definition) is 2. The lowest BCUT2D eigenvalue weighted by molar-refractivity contribution is 0.425. The van der Waals surface area contributed by atoms with Gasteiger partial charge in [0.2, 0.25) is 0 Å². The first kappa shape index (κ1) is 11.9. The zero-order chi connectivity index (χ0) is 12.3. The fraction of sp³-hybridized carbons (Fsp3) is 0.250. The topological polar surface area (TPSA) is 58.3 Å². The van der Waals surface area contributed by atoms with Gasteiger partial charge in [-0.25, -0.2) is 4.98 Å². The van der Waals surface area contributed by atoms with Crippen LogP contribution in [-0.2, 0) is 13.0 Å². The Morgan fingerprint density at radius 1 is 1.35 bits per heavy atom. The smallest absolute Gasteiger partial charge is 0.423 e. The molecule has 0 saturated heterocycles. The highest BCUT2D eigenvalue weighted by molar-refractivity contribution is 6.58. The molecule has 88 valence electrons. The Bertz CT molecular complexity index is 497. The lowest BCUT2D eigenvalue weighted by atomic mass is 9.79. The van der Waals surface area contributed by atoms with E-state index in [2.05, 4.69) is 16.5 Å². The molecule has 1 aromatic carbocycles. The second-order valence-corrected chi connectivity index (χ2v) is 3.94. The quantitative estimate of drug-likeness (QED) is 0.736. The molecule has 0 unspecified atom stereocenters. The highest BCUT2D eigenvalue weighted by Crippen LogP contribution is 2.05. The second-order valence-electron chi connectivity index (χ2n) is 3.94. The minimum atomic E-state index is -1.41. The molecule has 0 radical (unpaired) electrons. The lowest BCUT2D eigenvalue weighted by Gasteiger charge is -2.08. The van der Waals surface area contributed by atoms with Crippen LogP contribution in [0.1, 0.15) is 18.3 Å². The van der Waals surface area contributed by atoms with Crippen LogP contribution in [-0.4, -0.2) is 26.7 Å². The Balaban J connectivity index is 2.21. The molecule has 0 fully saturated rings. The molecule has 0 aliphatic rings. The molecule has 0 atom stereocenters. The largest absolute Gasteiger partial charge is 0.488 e. The Hall–Kier alpha value is -1.59. The highest BCUT2D eigenvalue weighted by Gasteiger charge is 2.11. The molecule has 0 bridgehead atoms. The molecule has 0 aliphatic heterocycles. The third-order valence-corrected chi connectivity index (χ3v) is 2.72. The Morgan fingerprint density at radius 2 is 2.18 bits per heavy atom. The van der Waals surface area contributed by atoms with Gasteiger partial charge in [0.05, 0.1) is 0 Å². The van der Waals surface area contributed by atoms with Crippen molar-refractivity contribution in [1.82, 2.24) is 9.55 Å². The summed E-state index contributed by atoms with van der Waals surface area (Å²) in [5, 5.41) is 18.2. The maximum Gasteiger partial charge on any atom is 0.488 e. The summed E-state index contributed by atoms with van der Waals surface area (Å²) in [7, 11) is -1.41. The van der Waals surface area contributed by atoms with Crippen LogP contribution in [0.4, 0.5) is 0 Å². The van der Waals surface area contributed by atoms with E-state index in [0.29, 0.717) is 12.0 Å². The summed E-state index contributed by atoms with van der Waals surface area (Å²) in [5.41, 5.74) is 1.55. The third-order valence-electron chi connectivity index (χ3n) is 2.72. The number of rotatable bonds is 4. The maximum absolute atomic E-state index is 9.11. The van der Waals surface area contributed by atoms with Gasteiger partial charge >= 0.3 is 7.12 Å². The SMILES string of the molecule is CCc1nccn1Cc1cccc(B(O)O)c1. The number of hydrogen-bond acceptors (Lipinski definition) is 3. The van der Waals surface area contributed by atoms with Gasteiger partial charge in [0.15, 0.2) is 0 Å². The Kier molecular flexibility index (Phi) is 3.61. The van der Waals surface area contributed by atoms with Crippen molar-refractivity contribution in [3.8, 4) is 0 Å². The molecule has 0 aliphatic carbocycles. The van der Waals surface area contributed by atoms with Crippen LogP contribution in [0.3, 0.4) is 0 Å². The molecular formula is C12H15BN2O2. The van der Waals surface area contributed by atoms with E-state index >= 15 is 0 Å². The van der Waals surface area contributed by atoms with Crippen LogP contribution >= 0.6 is 0 Å². The van der Waals surface area contributed by atoms with E-state index in [1.165, 1.54) is 0 Å². The minimum absolute atomic E-state index is 0.515. The number of nitrogens with zero attached hydrogens (tertiary/aromatic N) is 2. The van der Waals surface area contributed by atoms with E-state index in [1.54, 1.807) is 18.3 Å². The molecule has 17 heavy (non-hydrogen) atoms. The van der Waals surface area contributed by atoms with Crippen LogP contribution in [0.15, 0.2) is 36.7 Å². The molecule has 1 aromatic heterocycles. The number of imidazole rings is 1. The van der Waals surface area contributed by atoms with Gasteiger partial charge in [-0.05, 0) is 11.0 Å². The van der Waals surface area contributed by atoms with E-state index in [1.807, 2.05) is 18.3 Å². The predicted octanol–water partition coefficient (Wildman–Crippen LogP) is 0.174. The zero-order valence-corrected chi connectivity index (χ0v) is 9.74. The maximum atomic E-state index is 9.11. The fourth-order valence-electron chi connectivity index (χ4n) is 1.85. The van der Waals surface area contributed by atoms with Crippen LogP contribution in [0.25, 0.3) is 0 Å². The number of aryl methyl sites for hydroxylation is 1. The molecule has 2 N–H and O–H groups in total. The van der Waals surface area contributed by atoms with E-state index in [-0.39, 0.29) is 0 Å². The first-order valence-corrected chi connectivity index (χ1v) is 5.65. The average molecular weight is 230 g/mol. The summed E-state index contributed by atoms with van der Waals surface area (Å²) in [4.78, 5) is 4.25. The average Bonchev–Trinajstić information content (AvgIpc) is 2.76. The van der Waals surface area contributed by atoms with Crippen LogP contribution < -0.4 is 5.46 Å². The van der Waals surface area contributed by atoms with Crippen molar-refractivity contribution in [2.45, 2.75) is 19.9 Å². The summed E-state index contributed by atoms with van der Waals surface area (Å²) >= 11 is 0. The summed E-state index contributed by atoms with van der Waals surface area (Å²) in [6.07, 6.45) is 4.60. The molecule has 1 heterocycles. The predicted molar refractivity (Wildman–Crippen MR) is 67.0 cm³/mol. The van der Waals surface area contributed by atoms with Crippen molar-refractivity contribution >= 4 is 12.6 Å². The molecule has 4 nitrogen and oxygen atoms in total. The number of aromatic nitrogens is 2. The standard InChI is InChI=1S/C12H15BN2O2/c1-2-12-14-6-7-15(12)9-10-4-3-5-11(8-10)13(16)17/h3-8,16-17H,2,9H2,1H3. The van der Waals surface area contributed by atoms with E-state index in [9.17, 15) is 0 Å². The zero-order valence-electron chi connectivity index (χ0n) is 9.74. The summed E-state index contributed by atoms with van der Waals surface area (Å²) in [6, 6.07) is 7.28. The van der Waals surface area contributed by atoms with Gasteiger partial charge in [-0.1, -0.05) is 31.2 Å². The van der Waals surface area contributed by atoms with Crippen LogP contribution in [0.5, 0.6) is 0 Å². The summed E-state index contributed by atoms with van der Waals surface area (Å²) in [6.45, 7) is 2.76. The van der Waals surface area contributed by atoms with Crippen molar-refractivity contribution in [1.29, 1.82) is 0 Å². The Labute approximate surface area is 101 Å². The molecular weight excluding hydrogens is 215 g/mol. The van der Waals surface area contributed by atoms with Crippen molar-refractivity contribution < 1.29 is 10.0 Å². The molecule has 0 spiro atoms. The molecule has 2 aromatic rings. The van der Waals surface area contributed by atoms with Crippen molar-refractivity contribution in [2.75, 3.05) is 0 Å². The molecule has 0 saturated carbocycles. The van der Waals surface area contributed by atoms with Crippen molar-refractivity contribution in [2.24, 2.45) is 0 Å². The molecule has 5 heteroatoms. The second kappa shape index (κ2) is 5.16. The van der Waals surface area contributed by atoms with Gasteiger partial charge in [0.25, 0.3) is 0 Å². The van der Waals surface area contributed by atoms with Crippen molar-refractivity contribution in [3.63, 3.8) is 0 Å². The van der Waals surface area contributed by atoms with Gasteiger partial charge in [-0.15, -0.1) is 0 Å². The van der Waals surface area contributed by atoms with Gasteiger partial charge < -0.3 is 14.6 Å². The van der Waals surface area contributed by atoms with E-state index in [4.69, 9.17) is 10.0 Å². The van der Waals surface area contributed by atoms with Gasteiger partial charge in [-0.3, -0.25) is 0 Å². The monoisotopic (exact) mass is 230 g/mol. The van der Waals surface area contributed by atoms with Crippen LogP contribution in [0.2, 0.25) is 0 Å². The first-order chi connectivity index (χ1) is 8.20. The van der Waals surface area contributed by atoms with E-state index in [0.717, 1.165) is 17.8 Å². The number of benzene rings is 1. The summed E-state index contributed by atoms with van der Waals surface area (Å²) in [5.74, 6) is 1.03. The van der Waals surface area contributed by atoms with E-state index < -0.39 is 7.12 Å². The normalized spacial score (nSPS) is 10.5. The molecule has 0 amide bonds. The van der Waals surface area contributed by atoms with Gasteiger partial charge in [0, 0.05) is 25.4 Å². The highest BCUT2D eigenvalue weighted by atomic mass is 16.4. The lowest BCUT2D eigenvalue weighted by Crippen LogP contribution is -2.30. The van der Waals surface area contributed by atoms with Crippen molar-refractivity contribution in [3.05, 3.63) is 48.0 Å². The van der Waals surface area contributed by atoms with Gasteiger partial charge in [0.1, 0.15) is 5.82 Å². The Morgan fingerprint density at radius 3 is 2.88 bits per heavy atom. The minimum Gasteiger partial charge on any atom is -0.423 e. The first-order valence-electron chi connectivity index (χ1n) is 5.65. The van der Waals surface area contributed by atoms with Crippen LogP contribution in [0, 0.1) is 0 Å². The summed E-state index contributed by atoms with van der Waals surface area (Å²) < 4.78 is 2.06. The fourth-order valence-corrected chi connectivity index (χ4v) is 1.85. The third kappa shape index (κ3) is 2.75.